The molecule has 8 nitrogen and oxygen atoms in total. The lowest BCUT2D eigenvalue weighted by Gasteiger charge is -2.11. The number of methoxy groups -OCH3 is 1. The van der Waals surface area contributed by atoms with Crippen LogP contribution in [-0.2, 0) is 6.54 Å². The SMILES string of the molecule is COc1ccc(-n2nc(C(=O)O)c(=O)n(Cc3ccccc3F)c2=O)cc1. The lowest BCUT2D eigenvalue weighted by atomic mass is 10.2. The normalized spacial score (nSPS) is 10.6. The van der Waals surface area contributed by atoms with Crippen molar-refractivity contribution in [2.45, 2.75) is 6.54 Å². The second-order valence-corrected chi connectivity index (χ2v) is 5.53. The third-order valence-corrected chi connectivity index (χ3v) is 3.87. The van der Waals surface area contributed by atoms with Crippen molar-refractivity contribution >= 4 is 5.97 Å². The first-order valence-corrected chi connectivity index (χ1v) is 7.77. The highest BCUT2D eigenvalue weighted by Gasteiger charge is 2.20. The van der Waals surface area contributed by atoms with Crippen LogP contribution in [-0.4, -0.2) is 32.5 Å². The molecule has 0 unspecified atom stereocenters. The first kappa shape index (κ1) is 18.1. The topological polar surface area (TPSA) is 103 Å². The van der Waals surface area contributed by atoms with E-state index in [0.29, 0.717) is 10.3 Å². The minimum absolute atomic E-state index is 0.0699. The Morgan fingerprint density at radius 1 is 1.15 bits per heavy atom. The van der Waals surface area contributed by atoms with E-state index in [2.05, 4.69) is 5.10 Å². The maximum Gasteiger partial charge on any atom is 0.362 e. The van der Waals surface area contributed by atoms with Crippen LogP contribution in [0.1, 0.15) is 16.1 Å². The zero-order valence-electron chi connectivity index (χ0n) is 14.1. The van der Waals surface area contributed by atoms with Crippen LogP contribution in [0.3, 0.4) is 0 Å². The first-order chi connectivity index (χ1) is 12.9. The van der Waals surface area contributed by atoms with Crippen molar-refractivity contribution in [1.82, 2.24) is 14.3 Å². The zero-order chi connectivity index (χ0) is 19.6. The van der Waals surface area contributed by atoms with Crippen molar-refractivity contribution in [1.29, 1.82) is 0 Å². The number of hydrogen-bond donors (Lipinski definition) is 1. The summed E-state index contributed by atoms with van der Waals surface area (Å²) in [6.45, 7) is -0.427. The van der Waals surface area contributed by atoms with Gasteiger partial charge in [-0.15, -0.1) is 0 Å². The lowest BCUT2D eigenvalue weighted by Crippen LogP contribution is -2.44. The van der Waals surface area contributed by atoms with Gasteiger partial charge in [0, 0.05) is 5.56 Å². The molecule has 0 spiro atoms. The van der Waals surface area contributed by atoms with Crippen LogP contribution in [0.15, 0.2) is 58.1 Å². The number of carbonyl (C=O) groups is 1. The molecule has 0 aliphatic rings. The Balaban J connectivity index is 2.22. The number of benzene rings is 2. The Bertz CT molecular complexity index is 1120. The van der Waals surface area contributed by atoms with Crippen molar-refractivity contribution < 1.29 is 19.0 Å². The maximum absolute atomic E-state index is 13.9. The van der Waals surface area contributed by atoms with Gasteiger partial charge in [0.25, 0.3) is 5.56 Å². The molecule has 0 aliphatic carbocycles. The Morgan fingerprint density at radius 2 is 1.81 bits per heavy atom. The molecule has 0 radical (unpaired) electrons. The van der Waals surface area contributed by atoms with Gasteiger partial charge in [0.2, 0.25) is 5.69 Å². The molecule has 1 heterocycles. The molecule has 138 valence electrons. The number of nitrogens with zero attached hydrogens (tertiary/aromatic N) is 3. The van der Waals surface area contributed by atoms with Gasteiger partial charge in [0.05, 0.1) is 19.3 Å². The molecule has 2 aromatic carbocycles. The molecule has 9 heteroatoms. The number of carboxylic acids is 1. The predicted octanol–water partition coefficient (Wildman–Crippen LogP) is 1.29. The molecule has 0 saturated heterocycles. The lowest BCUT2D eigenvalue weighted by molar-refractivity contribution is 0.0684. The fourth-order valence-corrected chi connectivity index (χ4v) is 2.48. The monoisotopic (exact) mass is 371 g/mol. The van der Waals surface area contributed by atoms with Crippen LogP contribution >= 0.6 is 0 Å². The van der Waals surface area contributed by atoms with Gasteiger partial charge in [-0.2, -0.15) is 9.78 Å². The summed E-state index contributed by atoms with van der Waals surface area (Å²) in [5.74, 6) is -1.69. The van der Waals surface area contributed by atoms with Crippen molar-refractivity contribution in [3.8, 4) is 11.4 Å². The molecule has 1 aromatic heterocycles. The van der Waals surface area contributed by atoms with Crippen LogP contribution in [0, 0.1) is 5.82 Å². The van der Waals surface area contributed by atoms with Gasteiger partial charge in [-0.1, -0.05) is 18.2 Å². The van der Waals surface area contributed by atoms with Gasteiger partial charge >= 0.3 is 11.7 Å². The molecule has 0 saturated carbocycles. The number of halogens is 1. The van der Waals surface area contributed by atoms with Crippen molar-refractivity contribution in [2.75, 3.05) is 7.11 Å². The van der Waals surface area contributed by atoms with Gasteiger partial charge in [-0.3, -0.25) is 9.36 Å². The van der Waals surface area contributed by atoms with Crippen molar-refractivity contribution in [3.05, 3.63) is 86.4 Å². The van der Waals surface area contributed by atoms with Crippen molar-refractivity contribution in [2.24, 2.45) is 0 Å². The number of ether oxygens (including phenoxy) is 1. The van der Waals surface area contributed by atoms with Gasteiger partial charge in [0.15, 0.2) is 0 Å². The van der Waals surface area contributed by atoms with E-state index in [0.717, 1.165) is 4.68 Å². The van der Waals surface area contributed by atoms with Crippen LogP contribution in [0.5, 0.6) is 5.75 Å². The van der Waals surface area contributed by atoms with Crippen LogP contribution in [0.2, 0.25) is 0 Å². The number of carboxylic acid groups (broad SMARTS) is 1. The standard InChI is InChI=1S/C18H14FN3O5/c1-27-13-8-6-12(7-9-13)22-18(26)21(16(23)15(20-22)17(24)25)10-11-4-2-3-5-14(11)19/h2-9H,10H2,1H3,(H,24,25). The summed E-state index contributed by atoms with van der Waals surface area (Å²) in [5, 5.41) is 12.9. The third kappa shape index (κ3) is 3.47. The van der Waals surface area contributed by atoms with Gasteiger partial charge in [0.1, 0.15) is 11.6 Å². The second kappa shape index (κ2) is 7.24. The number of rotatable bonds is 5. The summed E-state index contributed by atoms with van der Waals surface area (Å²) in [4.78, 5) is 36.6. The number of aromatic carboxylic acids is 1. The molecule has 0 atom stereocenters. The van der Waals surface area contributed by atoms with E-state index in [1.165, 1.54) is 37.4 Å². The molecule has 3 aromatic rings. The molecular formula is C18H14FN3O5. The molecular weight excluding hydrogens is 357 g/mol. The summed E-state index contributed by atoms with van der Waals surface area (Å²) < 4.78 is 20.4. The fraction of sp³-hybridized carbons (Fsp3) is 0.111. The van der Waals surface area contributed by atoms with E-state index in [-0.39, 0.29) is 11.3 Å². The van der Waals surface area contributed by atoms with Crippen LogP contribution in [0.25, 0.3) is 5.69 Å². The van der Waals surface area contributed by atoms with Crippen LogP contribution < -0.4 is 16.0 Å². The molecule has 0 aliphatic heterocycles. The fourth-order valence-electron chi connectivity index (χ4n) is 2.48. The van der Waals surface area contributed by atoms with E-state index in [4.69, 9.17) is 4.74 Å². The zero-order valence-corrected chi connectivity index (χ0v) is 14.1. The van der Waals surface area contributed by atoms with Gasteiger partial charge < -0.3 is 9.84 Å². The largest absolute Gasteiger partial charge is 0.497 e. The highest BCUT2D eigenvalue weighted by Crippen LogP contribution is 2.13. The smallest absolute Gasteiger partial charge is 0.362 e. The van der Waals surface area contributed by atoms with Gasteiger partial charge in [-0.25, -0.2) is 14.0 Å². The minimum atomic E-state index is -1.59. The Hall–Kier alpha value is -3.75. The van der Waals surface area contributed by atoms with Gasteiger partial charge in [-0.05, 0) is 30.3 Å². The summed E-state index contributed by atoms with van der Waals surface area (Å²) in [7, 11) is 1.47. The van der Waals surface area contributed by atoms with E-state index < -0.39 is 35.3 Å². The molecule has 27 heavy (non-hydrogen) atoms. The molecule has 0 bridgehead atoms. The summed E-state index contributed by atoms with van der Waals surface area (Å²) >= 11 is 0. The molecule has 0 fully saturated rings. The predicted molar refractivity (Wildman–Crippen MR) is 93.1 cm³/mol. The number of hydrogen-bond acceptors (Lipinski definition) is 5. The van der Waals surface area contributed by atoms with E-state index in [9.17, 15) is 23.9 Å². The summed E-state index contributed by atoms with van der Waals surface area (Å²) in [5.41, 5.74) is -2.55. The Morgan fingerprint density at radius 3 is 2.41 bits per heavy atom. The summed E-state index contributed by atoms with van der Waals surface area (Å²) in [6, 6.07) is 11.7. The quantitative estimate of drug-likeness (QED) is 0.725. The van der Waals surface area contributed by atoms with E-state index in [1.54, 1.807) is 18.2 Å². The summed E-state index contributed by atoms with van der Waals surface area (Å²) in [6.07, 6.45) is 0. The first-order valence-electron chi connectivity index (χ1n) is 7.77. The third-order valence-electron chi connectivity index (χ3n) is 3.87. The minimum Gasteiger partial charge on any atom is -0.497 e. The van der Waals surface area contributed by atoms with E-state index in [1.807, 2.05) is 0 Å². The second-order valence-electron chi connectivity index (χ2n) is 5.53. The number of aromatic nitrogens is 3. The van der Waals surface area contributed by atoms with Crippen molar-refractivity contribution in [3.63, 3.8) is 0 Å². The Kier molecular flexibility index (Phi) is 4.84. The average molecular weight is 371 g/mol. The highest BCUT2D eigenvalue weighted by atomic mass is 19.1. The molecule has 1 N–H and O–H groups in total. The maximum atomic E-state index is 13.9. The van der Waals surface area contributed by atoms with Crippen LogP contribution in [0.4, 0.5) is 4.39 Å². The molecule has 0 amide bonds. The highest BCUT2D eigenvalue weighted by molar-refractivity contribution is 5.84. The Labute approximate surface area is 151 Å². The average Bonchev–Trinajstić information content (AvgIpc) is 2.66. The van der Waals surface area contributed by atoms with E-state index >= 15 is 0 Å². The molecule has 3 rings (SSSR count).